The highest BCUT2D eigenvalue weighted by atomic mass is 16.1. The zero-order chi connectivity index (χ0) is 12.5. The van der Waals surface area contributed by atoms with Crippen LogP contribution in [0.2, 0.25) is 0 Å². The summed E-state index contributed by atoms with van der Waals surface area (Å²) in [4.78, 5) is 18.1. The predicted octanol–water partition coefficient (Wildman–Crippen LogP) is 0.146. The highest BCUT2D eigenvalue weighted by Gasteiger charge is 2.30. The molecule has 1 saturated heterocycles. The summed E-state index contributed by atoms with van der Waals surface area (Å²) < 4.78 is 1.44. The van der Waals surface area contributed by atoms with Crippen LogP contribution in [-0.2, 0) is 7.05 Å². The van der Waals surface area contributed by atoms with E-state index in [4.69, 9.17) is 5.73 Å². The van der Waals surface area contributed by atoms with Crippen molar-refractivity contribution in [1.29, 1.82) is 0 Å². The zero-order valence-corrected chi connectivity index (χ0v) is 10.4. The predicted molar refractivity (Wildman–Crippen MR) is 66.9 cm³/mol. The fraction of sp³-hybridized carbons (Fsp3) is 0.667. The first-order chi connectivity index (χ1) is 8.06. The molecule has 1 aliphatic heterocycles. The highest BCUT2D eigenvalue weighted by molar-refractivity contribution is 5.36. The van der Waals surface area contributed by atoms with Crippen molar-refractivity contribution in [3.8, 4) is 0 Å². The van der Waals surface area contributed by atoms with Crippen molar-refractivity contribution in [1.82, 2.24) is 9.55 Å². The number of hydrogen-bond donors (Lipinski definition) is 1. The Kier molecular flexibility index (Phi) is 3.19. The van der Waals surface area contributed by atoms with Crippen molar-refractivity contribution in [2.45, 2.75) is 19.8 Å². The van der Waals surface area contributed by atoms with Crippen LogP contribution in [0.3, 0.4) is 0 Å². The molecule has 1 aliphatic rings. The van der Waals surface area contributed by atoms with Gasteiger partial charge < -0.3 is 15.2 Å². The first kappa shape index (κ1) is 12.1. The van der Waals surface area contributed by atoms with Gasteiger partial charge in [-0.25, -0.2) is 4.98 Å². The molecule has 0 saturated carbocycles. The van der Waals surface area contributed by atoms with Gasteiger partial charge in [0, 0.05) is 20.1 Å². The van der Waals surface area contributed by atoms with Gasteiger partial charge in [0.05, 0.1) is 12.4 Å². The average molecular weight is 235 g/mol. The first-order valence-corrected chi connectivity index (χ1v) is 5.94. The molecule has 2 heterocycles. The van der Waals surface area contributed by atoms with Gasteiger partial charge in [-0.1, -0.05) is 6.92 Å². The number of piperidine rings is 1. The summed E-state index contributed by atoms with van der Waals surface area (Å²) in [6.45, 7) is 4.60. The van der Waals surface area contributed by atoms with Crippen LogP contribution in [0.1, 0.15) is 19.8 Å². The summed E-state index contributed by atoms with van der Waals surface area (Å²) in [7, 11) is 1.70. The Balaban J connectivity index is 2.16. The third-order valence-corrected chi connectivity index (χ3v) is 3.70. The minimum atomic E-state index is -0.0798. The lowest BCUT2D eigenvalue weighted by atomic mass is 9.80. The standard InChI is InChI=1S/C12H19N4O/c1-12(9-13)3-6-16(7-4-12)10-11(17)15(2)8-5-14-10/h5H,3-4,6-7,9,13H2,1-2H3. The van der Waals surface area contributed by atoms with E-state index < -0.39 is 0 Å². The summed E-state index contributed by atoms with van der Waals surface area (Å²) in [5.41, 5.74) is 5.90. The number of rotatable bonds is 2. The van der Waals surface area contributed by atoms with Crippen LogP contribution in [0.5, 0.6) is 0 Å². The maximum absolute atomic E-state index is 11.9. The second-order valence-electron chi connectivity index (χ2n) is 5.08. The molecule has 5 heteroatoms. The molecule has 1 aromatic rings. The van der Waals surface area contributed by atoms with E-state index in [0.29, 0.717) is 12.4 Å². The molecule has 0 bridgehead atoms. The maximum Gasteiger partial charge on any atom is 0.293 e. The molecule has 1 aromatic heterocycles. The van der Waals surface area contributed by atoms with Crippen molar-refractivity contribution in [3.63, 3.8) is 0 Å². The molecular weight excluding hydrogens is 216 g/mol. The van der Waals surface area contributed by atoms with Gasteiger partial charge in [0.2, 0.25) is 0 Å². The van der Waals surface area contributed by atoms with E-state index in [1.54, 1.807) is 13.2 Å². The smallest absolute Gasteiger partial charge is 0.293 e. The highest BCUT2D eigenvalue weighted by Crippen LogP contribution is 2.30. The van der Waals surface area contributed by atoms with Gasteiger partial charge in [-0.3, -0.25) is 4.79 Å². The Bertz CT molecular complexity index is 446. The molecule has 0 aliphatic carbocycles. The zero-order valence-electron chi connectivity index (χ0n) is 10.4. The fourth-order valence-electron chi connectivity index (χ4n) is 2.12. The van der Waals surface area contributed by atoms with E-state index >= 15 is 0 Å². The van der Waals surface area contributed by atoms with Gasteiger partial charge in [0.25, 0.3) is 5.56 Å². The lowest BCUT2D eigenvalue weighted by molar-refractivity contribution is 0.257. The Morgan fingerprint density at radius 1 is 1.53 bits per heavy atom. The van der Waals surface area contributed by atoms with Gasteiger partial charge in [-0.05, 0) is 24.8 Å². The molecular formula is C12H19N4O. The summed E-state index contributed by atoms with van der Waals surface area (Å²) in [6, 6.07) is 0. The van der Waals surface area contributed by atoms with Gasteiger partial charge in [-0.2, -0.15) is 0 Å². The third-order valence-electron chi connectivity index (χ3n) is 3.70. The molecule has 93 valence electrons. The van der Waals surface area contributed by atoms with Gasteiger partial charge in [-0.15, -0.1) is 0 Å². The van der Waals surface area contributed by atoms with E-state index in [1.807, 2.05) is 4.90 Å². The van der Waals surface area contributed by atoms with E-state index in [0.717, 1.165) is 25.9 Å². The lowest BCUT2D eigenvalue weighted by Gasteiger charge is -2.38. The summed E-state index contributed by atoms with van der Waals surface area (Å²) in [5.74, 6) is 0.533. The van der Waals surface area contributed by atoms with E-state index in [1.165, 1.54) is 4.57 Å². The summed E-state index contributed by atoms with van der Waals surface area (Å²) in [5, 5.41) is 0. The fourth-order valence-corrected chi connectivity index (χ4v) is 2.12. The molecule has 1 fully saturated rings. The molecule has 1 radical (unpaired) electrons. The molecule has 0 spiro atoms. The molecule has 0 atom stereocenters. The first-order valence-electron chi connectivity index (χ1n) is 5.94. The van der Waals surface area contributed by atoms with Crippen LogP contribution in [0, 0.1) is 11.6 Å². The Hall–Kier alpha value is -1.36. The normalized spacial score (nSPS) is 19.4. The van der Waals surface area contributed by atoms with Crippen molar-refractivity contribution < 1.29 is 0 Å². The number of aryl methyl sites for hydroxylation is 1. The lowest BCUT2D eigenvalue weighted by Crippen LogP contribution is -2.44. The van der Waals surface area contributed by atoms with Crippen molar-refractivity contribution in [2.24, 2.45) is 18.2 Å². The molecule has 17 heavy (non-hydrogen) atoms. The Labute approximate surface area is 101 Å². The van der Waals surface area contributed by atoms with Crippen LogP contribution in [0.4, 0.5) is 5.82 Å². The van der Waals surface area contributed by atoms with E-state index in [9.17, 15) is 4.79 Å². The second kappa shape index (κ2) is 4.49. The van der Waals surface area contributed by atoms with Crippen LogP contribution in [0.25, 0.3) is 0 Å². The van der Waals surface area contributed by atoms with Gasteiger partial charge >= 0.3 is 0 Å². The van der Waals surface area contributed by atoms with Crippen molar-refractivity contribution >= 4 is 5.82 Å². The molecule has 2 N–H and O–H groups in total. The van der Waals surface area contributed by atoms with Crippen LogP contribution < -0.4 is 16.2 Å². The minimum Gasteiger partial charge on any atom is -0.352 e. The number of aromatic nitrogens is 2. The maximum atomic E-state index is 11.9. The van der Waals surface area contributed by atoms with Crippen molar-refractivity contribution in [2.75, 3.05) is 24.5 Å². The van der Waals surface area contributed by atoms with Crippen LogP contribution >= 0.6 is 0 Å². The van der Waals surface area contributed by atoms with Gasteiger partial charge in [0.1, 0.15) is 0 Å². The third kappa shape index (κ3) is 2.34. The van der Waals surface area contributed by atoms with Crippen LogP contribution in [0.15, 0.2) is 11.0 Å². The summed E-state index contributed by atoms with van der Waals surface area (Å²) >= 11 is 0. The monoisotopic (exact) mass is 235 g/mol. The quantitative estimate of drug-likeness (QED) is 0.792. The molecule has 0 aromatic carbocycles. The number of hydrogen-bond acceptors (Lipinski definition) is 4. The number of nitrogens with two attached hydrogens (primary N) is 1. The summed E-state index contributed by atoms with van der Waals surface area (Å²) in [6.07, 6.45) is 6.32. The number of nitrogens with zero attached hydrogens (tertiary/aromatic N) is 3. The molecule has 0 amide bonds. The molecule has 2 rings (SSSR count). The SMILES string of the molecule is Cn1[c]cnc(N2CCC(C)(CN)CC2)c1=O. The molecule has 5 nitrogen and oxygen atoms in total. The van der Waals surface area contributed by atoms with E-state index in [2.05, 4.69) is 18.1 Å². The largest absolute Gasteiger partial charge is 0.352 e. The van der Waals surface area contributed by atoms with Crippen LogP contribution in [-0.4, -0.2) is 29.2 Å². The Morgan fingerprint density at radius 2 is 2.18 bits per heavy atom. The van der Waals surface area contributed by atoms with Crippen molar-refractivity contribution in [3.05, 3.63) is 22.7 Å². The second-order valence-corrected chi connectivity index (χ2v) is 5.08. The van der Waals surface area contributed by atoms with E-state index in [-0.39, 0.29) is 11.0 Å². The number of anilines is 1. The van der Waals surface area contributed by atoms with Gasteiger partial charge in [0.15, 0.2) is 5.82 Å². The average Bonchev–Trinajstić information content (AvgIpc) is 2.34. The molecule has 0 unspecified atom stereocenters. The Morgan fingerprint density at radius 3 is 2.76 bits per heavy atom. The topological polar surface area (TPSA) is 64.2 Å². The minimum absolute atomic E-state index is 0.0798.